The fourth-order valence-corrected chi connectivity index (χ4v) is 3.44. The SMILES string of the molecule is CNc1ccnc2c1c(-c1ccc3c(c1)N(C)CC3)cn2C. The summed E-state index contributed by atoms with van der Waals surface area (Å²) >= 11 is 0. The van der Waals surface area contributed by atoms with Crippen LogP contribution in [0.1, 0.15) is 5.56 Å². The standard InChI is InChI=1S/C18H20N4/c1-19-15-6-8-20-18-17(15)14(11-22(18)3)13-5-4-12-7-9-21(2)16(12)10-13/h4-6,8,10-11H,7,9H2,1-3H3,(H,19,20). The van der Waals surface area contributed by atoms with Crippen molar-refractivity contribution in [3.63, 3.8) is 0 Å². The van der Waals surface area contributed by atoms with Crippen LogP contribution in [0.15, 0.2) is 36.7 Å². The van der Waals surface area contributed by atoms with Gasteiger partial charge in [-0.3, -0.25) is 0 Å². The third-order valence-corrected chi connectivity index (χ3v) is 4.65. The predicted octanol–water partition coefficient (Wildman–Crippen LogP) is 3.27. The quantitative estimate of drug-likeness (QED) is 0.787. The summed E-state index contributed by atoms with van der Waals surface area (Å²) in [6, 6.07) is 8.84. The first kappa shape index (κ1) is 13.2. The van der Waals surface area contributed by atoms with E-state index >= 15 is 0 Å². The Morgan fingerprint density at radius 1 is 1.18 bits per heavy atom. The zero-order valence-corrected chi connectivity index (χ0v) is 13.2. The van der Waals surface area contributed by atoms with Crippen molar-refractivity contribution >= 4 is 22.4 Å². The Balaban J connectivity index is 1.97. The van der Waals surface area contributed by atoms with Crippen molar-refractivity contribution in [3.05, 3.63) is 42.2 Å². The first-order chi connectivity index (χ1) is 10.7. The predicted molar refractivity (Wildman–Crippen MR) is 92.7 cm³/mol. The molecule has 22 heavy (non-hydrogen) atoms. The number of aromatic nitrogens is 2. The maximum Gasteiger partial charge on any atom is 0.142 e. The number of hydrogen-bond acceptors (Lipinski definition) is 3. The van der Waals surface area contributed by atoms with E-state index in [0.29, 0.717) is 0 Å². The molecule has 0 saturated carbocycles. The zero-order chi connectivity index (χ0) is 15.3. The highest BCUT2D eigenvalue weighted by atomic mass is 15.1. The van der Waals surface area contributed by atoms with E-state index in [4.69, 9.17) is 0 Å². The highest BCUT2D eigenvalue weighted by Gasteiger charge is 2.18. The summed E-state index contributed by atoms with van der Waals surface area (Å²) in [5.74, 6) is 0. The Morgan fingerprint density at radius 3 is 2.86 bits per heavy atom. The molecule has 2 aromatic heterocycles. The molecule has 1 aliphatic rings. The maximum atomic E-state index is 4.54. The van der Waals surface area contributed by atoms with Crippen LogP contribution in [0, 0.1) is 0 Å². The minimum absolute atomic E-state index is 1.01. The van der Waals surface area contributed by atoms with Crippen molar-refractivity contribution in [1.82, 2.24) is 9.55 Å². The highest BCUT2D eigenvalue weighted by Crippen LogP contribution is 2.37. The second kappa shape index (κ2) is 4.77. The van der Waals surface area contributed by atoms with Gasteiger partial charge in [-0.15, -0.1) is 0 Å². The van der Waals surface area contributed by atoms with E-state index in [1.807, 2.05) is 19.3 Å². The topological polar surface area (TPSA) is 33.1 Å². The van der Waals surface area contributed by atoms with E-state index in [1.54, 1.807) is 0 Å². The molecule has 1 aliphatic heterocycles. The Labute approximate surface area is 130 Å². The molecular weight excluding hydrogens is 272 g/mol. The summed E-state index contributed by atoms with van der Waals surface area (Å²) in [6.45, 7) is 1.11. The fraction of sp³-hybridized carbons (Fsp3) is 0.278. The van der Waals surface area contributed by atoms with E-state index < -0.39 is 0 Å². The molecule has 112 valence electrons. The van der Waals surface area contributed by atoms with Crippen LogP contribution in [0.5, 0.6) is 0 Å². The number of nitrogens with zero attached hydrogens (tertiary/aromatic N) is 3. The summed E-state index contributed by atoms with van der Waals surface area (Å²) in [5, 5.41) is 4.48. The molecular formula is C18H20N4. The summed E-state index contributed by atoms with van der Waals surface area (Å²) in [5.41, 5.74) is 7.41. The molecule has 1 N–H and O–H groups in total. The van der Waals surface area contributed by atoms with Crippen molar-refractivity contribution in [2.75, 3.05) is 30.9 Å². The van der Waals surface area contributed by atoms with Crippen LogP contribution in [-0.4, -0.2) is 30.2 Å². The van der Waals surface area contributed by atoms with E-state index in [-0.39, 0.29) is 0 Å². The zero-order valence-electron chi connectivity index (χ0n) is 13.2. The molecule has 3 aromatic rings. The molecule has 0 unspecified atom stereocenters. The minimum Gasteiger partial charge on any atom is -0.387 e. The third kappa shape index (κ3) is 1.80. The minimum atomic E-state index is 1.01. The number of anilines is 2. The Hall–Kier alpha value is -2.49. The van der Waals surface area contributed by atoms with E-state index in [9.17, 15) is 0 Å². The molecule has 3 heterocycles. The molecule has 0 spiro atoms. The Bertz CT molecular complexity index is 863. The first-order valence-electron chi connectivity index (χ1n) is 7.65. The number of nitrogens with one attached hydrogen (secondary N) is 1. The van der Waals surface area contributed by atoms with Gasteiger partial charge < -0.3 is 14.8 Å². The molecule has 0 saturated heterocycles. The number of fused-ring (bicyclic) bond motifs is 2. The van der Waals surface area contributed by atoms with Gasteiger partial charge in [0.1, 0.15) is 5.65 Å². The number of likely N-dealkylation sites (N-methyl/N-ethyl adjacent to an activating group) is 1. The summed E-state index contributed by atoms with van der Waals surface area (Å²) < 4.78 is 2.10. The lowest BCUT2D eigenvalue weighted by Crippen LogP contribution is -2.12. The molecule has 0 atom stereocenters. The Kier molecular flexibility index (Phi) is 2.86. The van der Waals surface area contributed by atoms with E-state index in [2.05, 4.69) is 58.3 Å². The molecule has 0 radical (unpaired) electrons. The number of pyridine rings is 1. The molecule has 1 aromatic carbocycles. The highest BCUT2D eigenvalue weighted by molar-refractivity contribution is 6.03. The lowest BCUT2D eigenvalue weighted by molar-refractivity contribution is 0.949. The molecule has 4 heteroatoms. The van der Waals surface area contributed by atoms with Crippen LogP contribution in [0.2, 0.25) is 0 Å². The number of aryl methyl sites for hydroxylation is 1. The molecule has 4 nitrogen and oxygen atoms in total. The van der Waals surface area contributed by atoms with Gasteiger partial charge in [-0.1, -0.05) is 12.1 Å². The van der Waals surface area contributed by atoms with Gasteiger partial charge in [0.2, 0.25) is 0 Å². The van der Waals surface area contributed by atoms with Crippen LogP contribution < -0.4 is 10.2 Å². The van der Waals surface area contributed by atoms with E-state index in [0.717, 1.165) is 24.3 Å². The van der Waals surface area contributed by atoms with Crippen molar-refractivity contribution in [3.8, 4) is 11.1 Å². The van der Waals surface area contributed by atoms with Crippen LogP contribution >= 0.6 is 0 Å². The van der Waals surface area contributed by atoms with E-state index in [1.165, 1.54) is 27.8 Å². The smallest absolute Gasteiger partial charge is 0.142 e. The van der Waals surface area contributed by atoms with Gasteiger partial charge in [0, 0.05) is 62.4 Å². The second-order valence-electron chi connectivity index (χ2n) is 5.98. The fourth-order valence-electron chi connectivity index (χ4n) is 3.44. The van der Waals surface area contributed by atoms with Gasteiger partial charge in [0.15, 0.2) is 0 Å². The Morgan fingerprint density at radius 2 is 2.05 bits per heavy atom. The molecule has 0 amide bonds. The average molecular weight is 292 g/mol. The largest absolute Gasteiger partial charge is 0.387 e. The first-order valence-corrected chi connectivity index (χ1v) is 7.65. The summed E-state index contributed by atoms with van der Waals surface area (Å²) in [7, 11) is 6.18. The number of benzene rings is 1. The van der Waals surface area contributed by atoms with Gasteiger partial charge in [0.05, 0.1) is 0 Å². The lowest BCUT2D eigenvalue weighted by Gasteiger charge is -2.13. The monoisotopic (exact) mass is 292 g/mol. The normalized spacial score (nSPS) is 13.7. The van der Waals surface area contributed by atoms with Crippen molar-refractivity contribution < 1.29 is 0 Å². The summed E-state index contributed by atoms with van der Waals surface area (Å²) in [6.07, 6.45) is 5.18. The van der Waals surface area contributed by atoms with Gasteiger partial charge in [-0.25, -0.2) is 4.98 Å². The van der Waals surface area contributed by atoms with Gasteiger partial charge in [0.25, 0.3) is 0 Å². The summed E-state index contributed by atoms with van der Waals surface area (Å²) in [4.78, 5) is 6.87. The molecule has 0 bridgehead atoms. The average Bonchev–Trinajstić information content (AvgIpc) is 3.08. The van der Waals surface area contributed by atoms with Crippen LogP contribution in [0.25, 0.3) is 22.2 Å². The van der Waals surface area contributed by atoms with Crippen LogP contribution in [-0.2, 0) is 13.5 Å². The van der Waals surface area contributed by atoms with Gasteiger partial charge >= 0.3 is 0 Å². The van der Waals surface area contributed by atoms with Crippen molar-refractivity contribution in [2.45, 2.75) is 6.42 Å². The molecule has 0 fully saturated rings. The molecule has 0 aliphatic carbocycles. The van der Waals surface area contributed by atoms with Gasteiger partial charge in [-0.2, -0.15) is 0 Å². The van der Waals surface area contributed by atoms with Crippen LogP contribution in [0.3, 0.4) is 0 Å². The molecule has 4 rings (SSSR count). The third-order valence-electron chi connectivity index (χ3n) is 4.65. The number of hydrogen-bond donors (Lipinski definition) is 1. The lowest BCUT2D eigenvalue weighted by atomic mass is 10.0. The second-order valence-corrected chi connectivity index (χ2v) is 5.98. The van der Waals surface area contributed by atoms with Crippen LogP contribution in [0.4, 0.5) is 11.4 Å². The number of rotatable bonds is 2. The van der Waals surface area contributed by atoms with Gasteiger partial charge in [-0.05, 0) is 29.7 Å². The van der Waals surface area contributed by atoms with Crippen molar-refractivity contribution in [2.24, 2.45) is 7.05 Å². The van der Waals surface area contributed by atoms with Crippen molar-refractivity contribution in [1.29, 1.82) is 0 Å². The maximum absolute atomic E-state index is 4.54.